The van der Waals surface area contributed by atoms with Crippen molar-refractivity contribution >= 4 is 29.0 Å². The van der Waals surface area contributed by atoms with E-state index in [-0.39, 0.29) is 24.0 Å². The van der Waals surface area contributed by atoms with Gasteiger partial charge in [0.1, 0.15) is 18.2 Å². The minimum atomic E-state index is -0.907. The summed E-state index contributed by atoms with van der Waals surface area (Å²) in [5.41, 5.74) is 2.95. The van der Waals surface area contributed by atoms with Crippen molar-refractivity contribution in [3.63, 3.8) is 0 Å². The molecule has 122 valence electrons. The van der Waals surface area contributed by atoms with Crippen molar-refractivity contribution in [2.75, 3.05) is 16.9 Å². The maximum atomic E-state index is 13.6. The van der Waals surface area contributed by atoms with Gasteiger partial charge >= 0.3 is 0 Å². The first-order valence-corrected chi connectivity index (χ1v) is 7.00. The van der Waals surface area contributed by atoms with E-state index >= 15 is 0 Å². The van der Waals surface area contributed by atoms with Gasteiger partial charge in [0.15, 0.2) is 0 Å². The maximum Gasteiger partial charge on any atom is 0.292 e. The number of aliphatic imine (C=N–C) groups is 1. The topological polar surface area (TPSA) is 73.8 Å². The van der Waals surface area contributed by atoms with E-state index in [1.54, 1.807) is 30.3 Å². The highest BCUT2D eigenvalue weighted by Gasteiger charge is 2.25. The number of halogens is 2. The number of carbonyl (C=O) groups excluding carboxylic acids is 2. The second-order valence-electron chi connectivity index (χ2n) is 4.92. The Kier molecular flexibility index (Phi) is 4.19. The molecule has 0 spiro atoms. The van der Waals surface area contributed by atoms with Gasteiger partial charge < -0.3 is 5.32 Å². The van der Waals surface area contributed by atoms with E-state index in [0.29, 0.717) is 11.8 Å². The zero-order chi connectivity index (χ0) is 17.1. The summed E-state index contributed by atoms with van der Waals surface area (Å²) in [6.07, 6.45) is 0. The molecule has 1 aliphatic rings. The van der Waals surface area contributed by atoms with E-state index < -0.39 is 17.5 Å². The average molecular weight is 330 g/mol. The largest absolute Gasteiger partial charge is 0.317 e. The van der Waals surface area contributed by atoms with Crippen LogP contribution in [0.15, 0.2) is 53.5 Å². The molecule has 6 nitrogen and oxygen atoms in total. The normalized spacial score (nSPS) is 14.0. The fourth-order valence-corrected chi connectivity index (χ4v) is 2.10. The Balaban J connectivity index is 1.77. The second-order valence-corrected chi connectivity index (χ2v) is 4.92. The highest BCUT2D eigenvalue weighted by Crippen LogP contribution is 2.16. The molecule has 0 fully saturated rings. The van der Waals surface area contributed by atoms with Gasteiger partial charge in [0, 0.05) is 6.07 Å². The van der Waals surface area contributed by atoms with E-state index in [4.69, 9.17) is 0 Å². The van der Waals surface area contributed by atoms with Crippen molar-refractivity contribution in [2.24, 2.45) is 4.99 Å². The molecule has 0 aromatic heterocycles. The number of benzene rings is 2. The quantitative estimate of drug-likeness (QED) is 0.902. The summed E-state index contributed by atoms with van der Waals surface area (Å²) in [6.45, 7) is -0.226. The Morgan fingerprint density at radius 2 is 1.92 bits per heavy atom. The molecule has 0 saturated carbocycles. The number of carbonyl (C=O) groups is 2. The van der Waals surface area contributed by atoms with Crippen LogP contribution < -0.4 is 15.8 Å². The van der Waals surface area contributed by atoms with Crippen LogP contribution in [0.5, 0.6) is 0 Å². The third-order valence-electron chi connectivity index (χ3n) is 3.25. The molecular formula is C16H12F2N4O2. The Bertz CT molecular complexity index is 824. The zero-order valence-corrected chi connectivity index (χ0v) is 12.3. The number of hydrogen-bond donors (Lipinski definition) is 2. The van der Waals surface area contributed by atoms with Crippen molar-refractivity contribution in [3.8, 4) is 0 Å². The molecule has 0 atom stereocenters. The summed E-state index contributed by atoms with van der Waals surface area (Å²) in [7, 11) is 0. The van der Waals surface area contributed by atoms with Crippen LogP contribution in [0.1, 0.15) is 0 Å². The molecule has 3 rings (SSSR count). The Morgan fingerprint density at radius 1 is 1.17 bits per heavy atom. The first-order chi connectivity index (χ1) is 11.5. The number of anilines is 2. The fourth-order valence-electron chi connectivity index (χ4n) is 2.10. The van der Waals surface area contributed by atoms with Crippen LogP contribution >= 0.6 is 0 Å². The summed E-state index contributed by atoms with van der Waals surface area (Å²) in [4.78, 5) is 28.0. The highest BCUT2D eigenvalue weighted by molar-refractivity contribution is 6.43. The van der Waals surface area contributed by atoms with Crippen molar-refractivity contribution < 1.29 is 18.4 Å². The van der Waals surface area contributed by atoms with Crippen molar-refractivity contribution in [2.45, 2.75) is 0 Å². The number of hydrogen-bond acceptors (Lipinski definition) is 4. The van der Waals surface area contributed by atoms with E-state index in [1.165, 1.54) is 5.01 Å². The van der Waals surface area contributed by atoms with Gasteiger partial charge in [-0.15, -0.1) is 0 Å². The molecule has 0 radical (unpaired) electrons. The predicted octanol–water partition coefficient (Wildman–Crippen LogP) is 1.85. The molecule has 1 aliphatic heterocycles. The van der Waals surface area contributed by atoms with Crippen molar-refractivity contribution in [1.29, 1.82) is 0 Å². The average Bonchev–Trinajstić information content (AvgIpc) is 2.58. The number of nitrogens with zero attached hydrogens (tertiary/aromatic N) is 2. The van der Waals surface area contributed by atoms with Crippen LogP contribution in [0.3, 0.4) is 0 Å². The van der Waals surface area contributed by atoms with E-state index in [0.717, 1.165) is 12.1 Å². The molecular weight excluding hydrogens is 318 g/mol. The van der Waals surface area contributed by atoms with Gasteiger partial charge in [-0.3, -0.25) is 20.0 Å². The number of amides is 2. The summed E-state index contributed by atoms with van der Waals surface area (Å²) in [5, 5.41) is 3.47. The van der Waals surface area contributed by atoms with Gasteiger partial charge in [-0.25, -0.2) is 13.8 Å². The molecule has 2 aromatic rings. The molecule has 1 heterocycles. The minimum absolute atomic E-state index is 0.151. The molecule has 2 N–H and O–H groups in total. The highest BCUT2D eigenvalue weighted by atomic mass is 19.1. The molecule has 0 bridgehead atoms. The van der Waals surface area contributed by atoms with Crippen molar-refractivity contribution in [1.82, 2.24) is 5.43 Å². The molecule has 2 aromatic carbocycles. The number of para-hydroxylation sites is 1. The molecule has 8 heteroatoms. The molecule has 24 heavy (non-hydrogen) atoms. The third-order valence-corrected chi connectivity index (χ3v) is 3.25. The molecule has 0 unspecified atom stereocenters. The zero-order valence-electron chi connectivity index (χ0n) is 12.3. The van der Waals surface area contributed by atoms with Gasteiger partial charge in [0.2, 0.25) is 5.84 Å². The monoisotopic (exact) mass is 330 g/mol. The Morgan fingerprint density at radius 3 is 2.62 bits per heavy atom. The number of amidine groups is 1. The summed E-state index contributed by atoms with van der Waals surface area (Å²) in [5.74, 6) is -2.89. The molecule has 0 saturated heterocycles. The van der Waals surface area contributed by atoms with Gasteiger partial charge in [-0.1, -0.05) is 18.2 Å². The third kappa shape index (κ3) is 3.22. The van der Waals surface area contributed by atoms with Crippen LogP contribution in [-0.2, 0) is 9.59 Å². The van der Waals surface area contributed by atoms with Crippen LogP contribution in [-0.4, -0.2) is 24.2 Å². The lowest BCUT2D eigenvalue weighted by atomic mass is 10.3. The number of nitrogens with one attached hydrogen (secondary N) is 2. The van der Waals surface area contributed by atoms with E-state index in [9.17, 15) is 18.4 Å². The standard InChI is InChI=1S/C16H12F2N4O2/c17-10-6-7-13(12(18)8-10)20-16(24)15-19-9-14(23)22(21-15)11-4-2-1-3-5-11/h1-8H,9H2,(H,19,21)(H,20,24). The summed E-state index contributed by atoms with van der Waals surface area (Å²) in [6, 6.07) is 11.4. The predicted molar refractivity (Wildman–Crippen MR) is 84.4 cm³/mol. The second kappa shape index (κ2) is 6.45. The number of hydrazine groups is 1. The van der Waals surface area contributed by atoms with Gasteiger partial charge in [-0.2, -0.15) is 0 Å². The lowest BCUT2D eigenvalue weighted by molar-refractivity contribution is -0.118. The first-order valence-electron chi connectivity index (χ1n) is 7.00. The Labute approximate surface area is 135 Å². The van der Waals surface area contributed by atoms with Crippen molar-refractivity contribution in [3.05, 3.63) is 60.2 Å². The van der Waals surface area contributed by atoms with Gasteiger partial charge in [0.05, 0.1) is 11.4 Å². The van der Waals surface area contributed by atoms with E-state index in [2.05, 4.69) is 15.7 Å². The van der Waals surface area contributed by atoms with Crippen LogP contribution in [0, 0.1) is 11.6 Å². The molecule has 2 amide bonds. The summed E-state index contributed by atoms with van der Waals surface area (Å²) >= 11 is 0. The molecule has 0 aliphatic carbocycles. The maximum absolute atomic E-state index is 13.6. The lowest BCUT2D eigenvalue weighted by Gasteiger charge is -2.27. The smallest absolute Gasteiger partial charge is 0.292 e. The lowest BCUT2D eigenvalue weighted by Crippen LogP contribution is -2.54. The fraction of sp³-hybridized carbons (Fsp3) is 0.0625. The van der Waals surface area contributed by atoms with E-state index in [1.807, 2.05) is 0 Å². The summed E-state index contributed by atoms with van der Waals surface area (Å²) < 4.78 is 26.5. The Hall–Kier alpha value is -3.29. The van der Waals surface area contributed by atoms with Crippen LogP contribution in [0.2, 0.25) is 0 Å². The minimum Gasteiger partial charge on any atom is -0.317 e. The first kappa shape index (κ1) is 15.6. The SMILES string of the molecule is O=C(Nc1ccc(F)cc1F)C1=NCC(=O)N(c2ccccc2)N1. The van der Waals surface area contributed by atoms with Gasteiger partial charge in [-0.05, 0) is 24.3 Å². The van der Waals surface area contributed by atoms with Crippen LogP contribution in [0.25, 0.3) is 0 Å². The van der Waals surface area contributed by atoms with Gasteiger partial charge in [0.25, 0.3) is 11.8 Å². The number of rotatable bonds is 3. The van der Waals surface area contributed by atoms with Crippen LogP contribution in [0.4, 0.5) is 20.2 Å².